The minimum absolute atomic E-state index is 0.282. The minimum Gasteiger partial charge on any atom is -0.391 e. The molecule has 3 unspecified atom stereocenters. The fourth-order valence-electron chi connectivity index (χ4n) is 2.18. The van der Waals surface area contributed by atoms with Gasteiger partial charge in [-0.25, -0.2) is 0 Å². The highest BCUT2D eigenvalue weighted by atomic mass is 16.5. The topological polar surface area (TPSA) is 53.2 Å². The number of aliphatic hydroxyl groups is 1. The molecule has 0 aliphatic heterocycles. The minimum atomic E-state index is -0.729. The van der Waals surface area contributed by atoms with E-state index in [1.807, 2.05) is 13.8 Å². The Hall–Kier alpha value is -0.590. The van der Waals surface area contributed by atoms with Gasteiger partial charge in [-0.05, 0) is 33.6 Å². The zero-order chi connectivity index (χ0) is 11.5. The van der Waals surface area contributed by atoms with Crippen molar-refractivity contribution in [1.82, 2.24) is 0 Å². The molecule has 1 aliphatic rings. The third-order valence-corrected chi connectivity index (χ3v) is 3.47. The highest BCUT2D eigenvalue weighted by Crippen LogP contribution is 2.36. The molecule has 0 amide bonds. The van der Waals surface area contributed by atoms with Gasteiger partial charge in [-0.3, -0.25) is 0 Å². The lowest BCUT2D eigenvalue weighted by atomic mass is 9.88. The van der Waals surface area contributed by atoms with E-state index in [1.165, 1.54) is 12.8 Å². The first-order valence-corrected chi connectivity index (χ1v) is 5.76. The molecule has 0 aromatic carbocycles. The van der Waals surface area contributed by atoms with E-state index in [4.69, 9.17) is 4.74 Å². The predicted molar refractivity (Wildman–Crippen MR) is 58.2 cm³/mol. The monoisotopic (exact) mass is 211 g/mol. The van der Waals surface area contributed by atoms with E-state index < -0.39 is 11.7 Å². The number of nitrogens with zero attached hydrogens (tertiary/aromatic N) is 1. The first-order chi connectivity index (χ1) is 6.99. The summed E-state index contributed by atoms with van der Waals surface area (Å²) in [5.74, 6) is 0.323. The number of nitriles is 1. The maximum absolute atomic E-state index is 9.39. The van der Waals surface area contributed by atoms with Crippen LogP contribution in [0.15, 0.2) is 0 Å². The van der Waals surface area contributed by atoms with Crippen LogP contribution in [0, 0.1) is 17.2 Å². The molecular weight excluding hydrogens is 190 g/mol. The van der Waals surface area contributed by atoms with Gasteiger partial charge in [-0.2, -0.15) is 5.26 Å². The van der Waals surface area contributed by atoms with Crippen LogP contribution < -0.4 is 0 Å². The Labute approximate surface area is 92.0 Å². The first kappa shape index (κ1) is 12.5. The highest BCUT2D eigenvalue weighted by Gasteiger charge is 2.39. The van der Waals surface area contributed by atoms with Crippen molar-refractivity contribution in [1.29, 1.82) is 5.26 Å². The van der Waals surface area contributed by atoms with Crippen LogP contribution in [-0.4, -0.2) is 22.9 Å². The van der Waals surface area contributed by atoms with Crippen LogP contribution in [0.2, 0.25) is 0 Å². The fourth-order valence-corrected chi connectivity index (χ4v) is 2.18. The molecule has 0 bridgehead atoms. The zero-order valence-electron chi connectivity index (χ0n) is 9.86. The van der Waals surface area contributed by atoms with Crippen molar-refractivity contribution in [2.75, 3.05) is 0 Å². The summed E-state index contributed by atoms with van der Waals surface area (Å²) in [7, 11) is 0. The largest absolute Gasteiger partial charge is 0.391 e. The molecule has 0 spiro atoms. The van der Waals surface area contributed by atoms with Gasteiger partial charge in [0.1, 0.15) is 0 Å². The van der Waals surface area contributed by atoms with Crippen LogP contribution in [0.4, 0.5) is 0 Å². The maximum Gasteiger partial charge on any atom is 0.154 e. The number of hydrogen-bond donors (Lipinski definition) is 1. The molecule has 0 aromatic rings. The number of ether oxygens (including phenoxy) is 1. The standard InChI is InChI=1S/C12H21NO2/c1-9(14)10(2)15-12(3,8-13)11-6-4-5-7-11/h9-11,14H,4-7H2,1-3H3. The Kier molecular flexibility index (Phi) is 4.12. The van der Waals surface area contributed by atoms with Crippen molar-refractivity contribution in [2.24, 2.45) is 5.92 Å². The smallest absolute Gasteiger partial charge is 0.154 e. The molecule has 1 aliphatic carbocycles. The van der Waals surface area contributed by atoms with Gasteiger partial charge in [0, 0.05) is 5.92 Å². The number of aliphatic hydroxyl groups excluding tert-OH is 1. The van der Waals surface area contributed by atoms with E-state index in [9.17, 15) is 10.4 Å². The summed E-state index contributed by atoms with van der Waals surface area (Å²) in [5.41, 5.74) is -0.729. The van der Waals surface area contributed by atoms with Crippen molar-refractivity contribution in [3.8, 4) is 6.07 Å². The Morgan fingerprint density at radius 2 is 1.93 bits per heavy atom. The lowest BCUT2D eigenvalue weighted by molar-refractivity contribution is -0.111. The van der Waals surface area contributed by atoms with Crippen LogP contribution in [0.3, 0.4) is 0 Å². The second-order valence-electron chi connectivity index (χ2n) is 4.76. The molecule has 3 atom stereocenters. The zero-order valence-corrected chi connectivity index (χ0v) is 9.86. The fraction of sp³-hybridized carbons (Fsp3) is 0.917. The van der Waals surface area contributed by atoms with E-state index in [-0.39, 0.29) is 6.10 Å². The van der Waals surface area contributed by atoms with E-state index >= 15 is 0 Å². The molecule has 1 fully saturated rings. The number of rotatable bonds is 4. The van der Waals surface area contributed by atoms with Gasteiger partial charge in [0.2, 0.25) is 0 Å². The summed E-state index contributed by atoms with van der Waals surface area (Å²) in [6, 6.07) is 2.27. The van der Waals surface area contributed by atoms with E-state index in [1.54, 1.807) is 6.92 Å². The van der Waals surface area contributed by atoms with E-state index in [0.717, 1.165) is 12.8 Å². The van der Waals surface area contributed by atoms with Crippen LogP contribution in [0.25, 0.3) is 0 Å². The summed E-state index contributed by atoms with van der Waals surface area (Å²) in [4.78, 5) is 0. The normalized spacial score (nSPS) is 25.5. The van der Waals surface area contributed by atoms with Gasteiger partial charge in [-0.1, -0.05) is 12.8 Å². The molecule has 1 saturated carbocycles. The molecular formula is C12H21NO2. The Morgan fingerprint density at radius 3 is 2.33 bits per heavy atom. The Bertz CT molecular complexity index is 240. The lowest BCUT2D eigenvalue weighted by Crippen LogP contribution is -2.41. The average Bonchev–Trinajstić information content (AvgIpc) is 2.70. The molecule has 3 heteroatoms. The molecule has 86 valence electrons. The molecule has 15 heavy (non-hydrogen) atoms. The quantitative estimate of drug-likeness (QED) is 0.776. The Morgan fingerprint density at radius 1 is 1.40 bits per heavy atom. The molecule has 3 nitrogen and oxygen atoms in total. The summed E-state index contributed by atoms with van der Waals surface area (Å²) in [5, 5.41) is 18.6. The lowest BCUT2D eigenvalue weighted by Gasteiger charge is -2.32. The van der Waals surface area contributed by atoms with Crippen molar-refractivity contribution in [2.45, 2.75) is 64.3 Å². The number of hydrogen-bond acceptors (Lipinski definition) is 3. The third kappa shape index (κ3) is 2.93. The SMILES string of the molecule is CC(O)C(C)OC(C)(C#N)C1CCCC1. The molecule has 0 radical (unpaired) electrons. The average molecular weight is 211 g/mol. The second kappa shape index (κ2) is 4.96. The molecule has 0 heterocycles. The van der Waals surface area contributed by atoms with Crippen LogP contribution in [0.1, 0.15) is 46.5 Å². The van der Waals surface area contributed by atoms with E-state index in [0.29, 0.717) is 5.92 Å². The maximum atomic E-state index is 9.39. The van der Waals surface area contributed by atoms with Crippen molar-refractivity contribution >= 4 is 0 Å². The van der Waals surface area contributed by atoms with Gasteiger partial charge < -0.3 is 9.84 Å². The summed E-state index contributed by atoms with van der Waals surface area (Å²) in [6.45, 7) is 5.36. The Balaban J connectivity index is 2.64. The first-order valence-electron chi connectivity index (χ1n) is 5.76. The van der Waals surface area contributed by atoms with Gasteiger partial charge in [0.15, 0.2) is 5.60 Å². The highest BCUT2D eigenvalue weighted by molar-refractivity contribution is 5.04. The summed E-state index contributed by atoms with van der Waals surface area (Å²) in [6.07, 6.45) is 3.70. The molecule has 0 saturated heterocycles. The van der Waals surface area contributed by atoms with Gasteiger partial charge in [-0.15, -0.1) is 0 Å². The molecule has 0 aromatic heterocycles. The van der Waals surface area contributed by atoms with Gasteiger partial charge >= 0.3 is 0 Å². The van der Waals surface area contributed by atoms with Crippen LogP contribution >= 0.6 is 0 Å². The van der Waals surface area contributed by atoms with Gasteiger partial charge in [0.25, 0.3) is 0 Å². The molecule has 1 N–H and O–H groups in total. The summed E-state index contributed by atoms with van der Waals surface area (Å²) >= 11 is 0. The van der Waals surface area contributed by atoms with Crippen LogP contribution in [-0.2, 0) is 4.74 Å². The van der Waals surface area contributed by atoms with Crippen molar-refractivity contribution < 1.29 is 9.84 Å². The van der Waals surface area contributed by atoms with Gasteiger partial charge in [0.05, 0.1) is 18.3 Å². The van der Waals surface area contributed by atoms with Crippen molar-refractivity contribution in [3.05, 3.63) is 0 Å². The van der Waals surface area contributed by atoms with Crippen LogP contribution in [0.5, 0.6) is 0 Å². The van der Waals surface area contributed by atoms with E-state index in [2.05, 4.69) is 6.07 Å². The molecule has 1 rings (SSSR count). The second-order valence-corrected chi connectivity index (χ2v) is 4.76. The third-order valence-electron chi connectivity index (χ3n) is 3.47. The summed E-state index contributed by atoms with van der Waals surface area (Å²) < 4.78 is 5.72. The van der Waals surface area contributed by atoms with Crippen molar-refractivity contribution in [3.63, 3.8) is 0 Å². The predicted octanol–water partition coefficient (Wildman–Crippen LogP) is 2.24.